The van der Waals surface area contributed by atoms with E-state index in [1.807, 2.05) is 0 Å². The monoisotopic (exact) mass is 445 g/mol. The molecule has 3 rings (SSSR count). The number of hydrogen-bond acceptors (Lipinski definition) is 5. The number of benzene rings is 3. The number of rotatable bonds is 7. The summed E-state index contributed by atoms with van der Waals surface area (Å²) in [5, 5.41) is 0. The van der Waals surface area contributed by atoms with E-state index in [-0.39, 0.29) is 27.3 Å². The van der Waals surface area contributed by atoms with Gasteiger partial charge in [-0.25, -0.2) is 22.0 Å². The Morgan fingerprint density at radius 3 is 2.32 bits per heavy atom. The van der Waals surface area contributed by atoms with Gasteiger partial charge in [-0.05, 0) is 67.1 Å². The van der Waals surface area contributed by atoms with Gasteiger partial charge in [0.25, 0.3) is 10.0 Å². The Morgan fingerprint density at radius 1 is 0.968 bits per heavy atom. The quantitative estimate of drug-likeness (QED) is 0.437. The average molecular weight is 445 g/mol. The third-order valence-corrected chi connectivity index (χ3v) is 5.69. The number of halogens is 2. The van der Waals surface area contributed by atoms with Crippen molar-refractivity contribution in [2.24, 2.45) is 0 Å². The molecule has 3 aromatic rings. The molecule has 0 spiro atoms. The summed E-state index contributed by atoms with van der Waals surface area (Å²) in [6.07, 6.45) is 0. The third kappa shape index (κ3) is 5.32. The van der Waals surface area contributed by atoms with Crippen LogP contribution in [0.25, 0.3) is 0 Å². The average Bonchev–Trinajstić information content (AvgIpc) is 2.74. The molecule has 0 aliphatic rings. The van der Waals surface area contributed by atoms with Crippen LogP contribution >= 0.6 is 0 Å². The lowest BCUT2D eigenvalue weighted by Crippen LogP contribution is -2.18. The molecule has 0 aliphatic carbocycles. The summed E-state index contributed by atoms with van der Waals surface area (Å²) in [7, 11) is -4.11. The zero-order valence-electron chi connectivity index (χ0n) is 16.3. The first kappa shape index (κ1) is 22.1. The fourth-order valence-corrected chi connectivity index (χ4v) is 3.83. The Kier molecular flexibility index (Phi) is 6.45. The maximum atomic E-state index is 13.5. The molecule has 6 nitrogen and oxygen atoms in total. The zero-order chi connectivity index (χ0) is 22.6. The highest BCUT2D eigenvalue weighted by molar-refractivity contribution is 7.92. The maximum Gasteiger partial charge on any atom is 0.340 e. The van der Waals surface area contributed by atoms with Crippen LogP contribution in [0.3, 0.4) is 0 Å². The van der Waals surface area contributed by atoms with E-state index in [2.05, 4.69) is 4.72 Å². The van der Waals surface area contributed by atoms with Crippen molar-refractivity contribution < 1.29 is 31.5 Å². The van der Waals surface area contributed by atoms with Crippen molar-refractivity contribution in [2.75, 3.05) is 11.3 Å². The normalized spacial score (nSPS) is 11.1. The van der Waals surface area contributed by atoms with Gasteiger partial charge >= 0.3 is 5.97 Å². The van der Waals surface area contributed by atoms with E-state index in [4.69, 9.17) is 4.74 Å². The largest absolute Gasteiger partial charge is 0.454 e. The lowest BCUT2D eigenvalue weighted by molar-refractivity contribution is 0.0476. The van der Waals surface area contributed by atoms with Gasteiger partial charge in [0.05, 0.1) is 16.1 Å². The number of nitrogens with one attached hydrogen (secondary N) is 1. The van der Waals surface area contributed by atoms with E-state index >= 15 is 0 Å². The van der Waals surface area contributed by atoms with Gasteiger partial charge in [-0.1, -0.05) is 12.1 Å². The van der Waals surface area contributed by atoms with Crippen LogP contribution in [0.4, 0.5) is 14.5 Å². The summed E-state index contributed by atoms with van der Waals surface area (Å²) < 4.78 is 59.0. The van der Waals surface area contributed by atoms with E-state index < -0.39 is 40.0 Å². The van der Waals surface area contributed by atoms with E-state index in [0.29, 0.717) is 0 Å². The summed E-state index contributed by atoms with van der Waals surface area (Å²) in [5.41, 5.74) is 0.130. The minimum atomic E-state index is -4.11. The zero-order valence-corrected chi connectivity index (χ0v) is 17.1. The minimum absolute atomic E-state index is 0.0660. The molecule has 0 aliphatic heterocycles. The molecule has 3 aromatic carbocycles. The molecule has 0 saturated heterocycles. The first-order chi connectivity index (χ1) is 14.7. The number of aryl methyl sites for hydroxylation is 1. The van der Waals surface area contributed by atoms with Crippen LogP contribution < -0.4 is 4.72 Å². The van der Waals surface area contributed by atoms with Gasteiger partial charge in [-0.3, -0.25) is 9.52 Å². The number of Topliss-reactive ketones (excluding diaryl/α,β-unsaturated/α-hetero) is 1. The summed E-state index contributed by atoms with van der Waals surface area (Å²) in [6.45, 7) is 0.820. The standard InChI is InChI=1S/C22H17F2NO5S/c1-14-12-17(10-11-19(14)24)31(28,29)25-20-5-3-2-4-18(20)22(27)30-13-21(26)15-6-8-16(23)9-7-15/h2-12,25H,13H2,1H3. The summed E-state index contributed by atoms with van der Waals surface area (Å²) in [5.74, 6) is -2.53. The molecule has 9 heteroatoms. The van der Waals surface area contributed by atoms with Crippen LogP contribution in [0.5, 0.6) is 0 Å². The number of carbonyl (C=O) groups is 2. The first-order valence-corrected chi connectivity index (χ1v) is 10.5. The number of esters is 1. The minimum Gasteiger partial charge on any atom is -0.454 e. The topological polar surface area (TPSA) is 89.5 Å². The predicted octanol–water partition coefficient (Wildman–Crippen LogP) is 4.11. The van der Waals surface area contributed by atoms with E-state index in [0.717, 1.165) is 24.3 Å². The number of hydrogen-bond donors (Lipinski definition) is 1. The summed E-state index contributed by atoms with van der Waals surface area (Å²) in [6, 6.07) is 13.7. The molecule has 0 aromatic heterocycles. The molecule has 0 unspecified atom stereocenters. The number of para-hydroxylation sites is 1. The molecular weight excluding hydrogens is 428 g/mol. The van der Waals surface area contributed by atoms with Crippen molar-refractivity contribution in [2.45, 2.75) is 11.8 Å². The fourth-order valence-electron chi connectivity index (χ4n) is 2.67. The smallest absolute Gasteiger partial charge is 0.340 e. The second-order valence-corrected chi connectivity index (χ2v) is 8.25. The second-order valence-electron chi connectivity index (χ2n) is 6.57. The van der Waals surface area contributed by atoms with Crippen LogP contribution in [0.15, 0.2) is 71.6 Å². The van der Waals surface area contributed by atoms with Crippen LogP contribution in [-0.4, -0.2) is 26.8 Å². The molecule has 0 amide bonds. The van der Waals surface area contributed by atoms with E-state index in [1.165, 1.54) is 49.4 Å². The van der Waals surface area contributed by atoms with Gasteiger partial charge in [0.2, 0.25) is 0 Å². The highest BCUT2D eigenvalue weighted by Gasteiger charge is 2.21. The molecule has 1 N–H and O–H groups in total. The van der Waals surface area contributed by atoms with Gasteiger partial charge in [0, 0.05) is 5.56 Å². The highest BCUT2D eigenvalue weighted by atomic mass is 32.2. The Bertz CT molecular complexity index is 1240. The molecule has 160 valence electrons. The van der Waals surface area contributed by atoms with Gasteiger partial charge in [0.15, 0.2) is 12.4 Å². The lowest BCUT2D eigenvalue weighted by atomic mass is 10.1. The van der Waals surface area contributed by atoms with Crippen molar-refractivity contribution in [1.82, 2.24) is 0 Å². The number of carbonyl (C=O) groups excluding carboxylic acids is 2. The van der Waals surface area contributed by atoms with Crippen molar-refractivity contribution in [3.63, 3.8) is 0 Å². The summed E-state index contributed by atoms with van der Waals surface area (Å²) in [4.78, 5) is 24.4. The molecule has 31 heavy (non-hydrogen) atoms. The van der Waals surface area contributed by atoms with Crippen LogP contribution in [0.2, 0.25) is 0 Å². The Labute approximate surface area is 177 Å². The van der Waals surface area contributed by atoms with Gasteiger partial charge < -0.3 is 4.74 Å². The number of sulfonamides is 1. The Hall–Kier alpha value is -3.59. The summed E-state index contributed by atoms with van der Waals surface area (Å²) >= 11 is 0. The SMILES string of the molecule is Cc1cc(S(=O)(=O)Nc2ccccc2C(=O)OCC(=O)c2ccc(F)cc2)ccc1F. The molecule has 0 atom stereocenters. The number of ketones is 1. The number of anilines is 1. The van der Waals surface area contributed by atoms with Crippen molar-refractivity contribution in [1.29, 1.82) is 0 Å². The molecule has 0 saturated carbocycles. The van der Waals surface area contributed by atoms with Gasteiger partial charge in [-0.15, -0.1) is 0 Å². The molecule has 0 heterocycles. The molecule has 0 fully saturated rings. The Morgan fingerprint density at radius 2 is 1.65 bits per heavy atom. The first-order valence-electron chi connectivity index (χ1n) is 9.01. The maximum absolute atomic E-state index is 13.5. The van der Waals surface area contributed by atoms with Gasteiger partial charge in [0.1, 0.15) is 11.6 Å². The third-order valence-electron chi connectivity index (χ3n) is 4.33. The predicted molar refractivity (Wildman–Crippen MR) is 109 cm³/mol. The van der Waals surface area contributed by atoms with Crippen molar-refractivity contribution in [3.05, 3.63) is 95.1 Å². The van der Waals surface area contributed by atoms with Crippen molar-refractivity contribution in [3.8, 4) is 0 Å². The molecule has 0 bridgehead atoms. The van der Waals surface area contributed by atoms with Crippen LogP contribution in [0, 0.1) is 18.6 Å². The second kappa shape index (κ2) is 9.05. The van der Waals surface area contributed by atoms with E-state index in [9.17, 15) is 26.8 Å². The van der Waals surface area contributed by atoms with Gasteiger partial charge in [-0.2, -0.15) is 0 Å². The molecule has 0 radical (unpaired) electrons. The van der Waals surface area contributed by atoms with Crippen molar-refractivity contribution >= 4 is 27.5 Å². The highest BCUT2D eigenvalue weighted by Crippen LogP contribution is 2.22. The number of ether oxygens (including phenoxy) is 1. The fraction of sp³-hybridized carbons (Fsp3) is 0.0909. The van der Waals surface area contributed by atoms with Crippen LogP contribution in [0.1, 0.15) is 26.3 Å². The molecular formula is C22H17F2NO5S. The van der Waals surface area contributed by atoms with Crippen LogP contribution in [-0.2, 0) is 14.8 Å². The van der Waals surface area contributed by atoms with E-state index in [1.54, 1.807) is 0 Å². The Balaban J connectivity index is 1.76. The lowest BCUT2D eigenvalue weighted by Gasteiger charge is -2.13.